The molecule has 0 saturated carbocycles. The summed E-state index contributed by atoms with van der Waals surface area (Å²) < 4.78 is 0. The van der Waals surface area contributed by atoms with Gasteiger partial charge < -0.3 is 15.7 Å². The zero-order chi connectivity index (χ0) is 14.1. The Morgan fingerprint density at radius 2 is 2.10 bits per heavy atom. The van der Waals surface area contributed by atoms with Gasteiger partial charge in [0.15, 0.2) is 0 Å². The molecule has 1 aliphatic rings. The van der Waals surface area contributed by atoms with E-state index < -0.39 is 0 Å². The van der Waals surface area contributed by atoms with Crippen molar-refractivity contribution in [1.29, 1.82) is 0 Å². The Bertz CT molecular complexity index is 686. The molecule has 0 atom stereocenters. The van der Waals surface area contributed by atoms with Gasteiger partial charge in [-0.2, -0.15) is 0 Å². The Labute approximate surface area is 121 Å². The quantitative estimate of drug-likeness (QED) is 0.813. The van der Waals surface area contributed by atoms with Crippen LogP contribution in [0.4, 0.5) is 11.4 Å². The number of hydrogen-bond donors (Lipinski definition) is 3. The molecule has 0 radical (unpaired) electrons. The van der Waals surface area contributed by atoms with Crippen LogP contribution in [0.2, 0.25) is 5.02 Å². The van der Waals surface area contributed by atoms with Crippen molar-refractivity contribution in [3.8, 4) is 5.75 Å². The fourth-order valence-corrected chi connectivity index (χ4v) is 2.46. The van der Waals surface area contributed by atoms with Crippen molar-refractivity contribution in [1.82, 2.24) is 0 Å². The van der Waals surface area contributed by atoms with Crippen LogP contribution >= 0.6 is 11.6 Å². The minimum absolute atomic E-state index is 0.0195. The highest BCUT2D eigenvalue weighted by molar-refractivity contribution is 6.33. The van der Waals surface area contributed by atoms with Crippen LogP contribution in [0, 0.1) is 0 Å². The van der Waals surface area contributed by atoms with Gasteiger partial charge >= 0.3 is 0 Å². The number of anilines is 2. The Kier molecular flexibility index (Phi) is 3.24. The fourth-order valence-electron chi connectivity index (χ4n) is 2.23. The van der Waals surface area contributed by atoms with Crippen LogP contribution in [0.5, 0.6) is 5.75 Å². The molecule has 0 saturated heterocycles. The number of carbonyl (C=O) groups excluding carboxylic acids is 1. The number of carbonyl (C=O) groups is 1. The number of halogens is 1. The lowest BCUT2D eigenvalue weighted by Gasteiger charge is -2.11. The van der Waals surface area contributed by atoms with Gasteiger partial charge in [-0.05, 0) is 23.8 Å². The molecule has 1 aliphatic heterocycles. The summed E-state index contributed by atoms with van der Waals surface area (Å²) in [4.78, 5) is 11.3. The first kappa shape index (κ1) is 12.8. The number of phenols is 1. The molecule has 1 heterocycles. The summed E-state index contributed by atoms with van der Waals surface area (Å²) in [6.07, 6.45) is 0.373. The van der Waals surface area contributed by atoms with E-state index in [0.717, 1.165) is 22.5 Å². The lowest BCUT2D eigenvalue weighted by Crippen LogP contribution is -2.03. The molecule has 1 amide bonds. The van der Waals surface area contributed by atoms with E-state index in [-0.39, 0.29) is 11.7 Å². The highest BCUT2D eigenvalue weighted by Crippen LogP contribution is 2.33. The van der Waals surface area contributed by atoms with E-state index in [1.807, 2.05) is 18.2 Å². The molecular formula is C15H13ClN2O2. The Balaban J connectivity index is 1.80. The van der Waals surface area contributed by atoms with Gasteiger partial charge in [-0.3, -0.25) is 4.79 Å². The molecule has 3 N–H and O–H groups in total. The van der Waals surface area contributed by atoms with Crippen LogP contribution < -0.4 is 10.6 Å². The number of fused-ring (bicyclic) bond motifs is 1. The maximum atomic E-state index is 11.3. The minimum Gasteiger partial charge on any atom is -0.508 e. The zero-order valence-electron chi connectivity index (χ0n) is 10.6. The van der Waals surface area contributed by atoms with Crippen LogP contribution in [0.25, 0.3) is 0 Å². The smallest absolute Gasteiger partial charge is 0.228 e. The summed E-state index contributed by atoms with van der Waals surface area (Å²) in [6, 6.07) is 10.7. The molecular weight excluding hydrogens is 276 g/mol. The minimum atomic E-state index is -0.0195. The fraction of sp³-hybridized carbons (Fsp3) is 0.133. The number of nitrogens with one attached hydrogen (secondary N) is 2. The maximum Gasteiger partial charge on any atom is 0.228 e. The Morgan fingerprint density at radius 3 is 2.90 bits per heavy atom. The van der Waals surface area contributed by atoms with Gasteiger partial charge in [0.1, 0.15) is 5.75 Å². The van der Waals surface area contributed by atoms with Gasteiger partial charge in [0.05, 0.1) is 17.1 Å². The molecule has 0 aromatic heterocycles. The SMILES string of the molecule is O=C1Cc2cc(NCc3ccccc3O)c(Cl)cc2N1. The normalized spacial score (nSPS) is 12.9. The molecule has 0 bridgehead atoms. The van der Waals surface area contributed by atoms with Crippen molar-refractivity contribution in [2.45, 2.75) is 13.0 Å². The standard InChI is InChI=1S/C15H13ClN2O2/c16-11-7-12-10(6-15(20)18-12)5-13(11)17-8-9-3-1-2-4-14(9)19/h1-5,7,17,19H,6,8H2,(H,18,20). The van der Waals surface area contributed by atoms with Crippen molar-refractivity contribution < 1.29 is 9.90 Å². The lowest BCUT2D eigenvalue weighted by atomic mass is 10.1. The number of amides is 1. The van der Waals surface area contributed by atoms with Gasteiger partial charge in [-0.15, -0.1) is 0 Å². The van der Waals surface area contributed by atoms with Gasteiger partial charge in [0, 0.05) is 17.8 Å². The van der Waals surface area contributed by atoms with E-state index in [0.29, 0.717) is 18.0 Å². The van der Waals surface area contributed by atoms with E-state index >= 15 is 0 Å². The zero-order valence-corrected chi connectivity index (χ0v) is 11.4. The summed E-state index contributed by atoms with van der Waals surface area (Å²) in [6.45, 7) is 0.465. The van der Waals surface area contributed by atoms with E-state index in [2.05, 4.69) is 10.6 Å². The first-order chi connectivity index (χ1) is 9.63. The highest BCUT2D eigenvalue weighted by Gasteiger charge is 2.19. The summed E-state index contributed by atoms with van der Waals surface area (Å²) in [5, 5.41) is 16.2. The molecule has 2 aromatic rings. The number of para-hydroxylation sites is 1. The summed E-state index contributed by atoms with van der Waals surface area (Å²) in [5.74, 6) is 0.225. The predicted molar refractivity (Wildman–Crippen MR) is 79.2 cm³/mol. The highest BCUT2D eigenvalue weighted by atomic mass is 35.5. The van der Waals surface area contributed by atoms with Crippen molar-refractivity contribution in [2.75, 3.05) is 10.6 Å². The largest absolute Gasteiger partial charge is 0.508 e. The molecule has 3 rings (SSSR count). The van der Waals surface area contributed by atoms with E-state index in [1.165, 1.54) is 0 Å². The van der Waals surface area contributed by atoms with Crippen LogP contribution in [0.15, 0.2) is 36.4 Å². The van der Waals surface area contributed by atoms with Crippen molar-refractivity contribution >= 4 is 28.9 Å². The summed E-state index contributed by atoms with van der Waals surface area (Å²) >= 11 is 6.19. The molecule has 5 heteroatoms. The molecule has 2 aromatic carbocycles. The first-order valence-corrected chi connectivity index (χ1v) is 6.64. The van der Waals surface area contributed by atoms with Gasteiger partial charge in [0.2, 0.25) is 5.91 Å². The number of rotatable bonds is 3. The molecule has 20 heavy (non-hydrogen) atoms. The molecule has 0 aliphatic carbocycles. The Morgan fingerprint density at radius 1 is 1.30 bits per heavy atom. The third kappa shape index (κ3) is 2.42. The number of phenolic OH excluding ortho intramolecular Hbond substituents is 1. The van der Waals surface area contributed by atoms with E-state index in [4.69, 9.17) is 11.6 Å². The monoisotopic (exact) mass is 288 g/mol. The molecule has 0 fully saturated rings. The summed E-state index contributed by atoms with van der Waals surface area (Å²) in [5.41, 5.74) is 3.25. The third-order valence-electron chi connectivity index (χ3n) is 3.28. The predicted octanol–water partition coefficient (Wildman–Crippen LogP) is 3.15. The van der Waals surface area contributed by atoms with Gasteiger partial charge in [-0.25, -0.2) is 0 Å². The van der Waals surface area contributed by atoms with Crippen molar-refractivity contribution in [3.63, 3.8) is 0 Å². The van der Waals surface area contributed by atoms with E-state index in [9.17, 15) is 9.90 Å². The maximum absolute atomic E-state index is 11.3. The van der Waals surface area contributed by atoms with Crippen LogP contribution in [0.3, 0.4) is 0 Å². The van der Waals surface area contributed by atoms with Crippen molar-refractivity contribution in [2.24, 2.45) is 0 Å². The second-order valence-corrected chi connectivity index (χ2v) is 5.10. The van der Waals surface area contributed by atoms with Crippen LogP contribution in [0.1, 0.15) is 11.1 Å². The molecule has 0 unspecified atom stereocenters. The van der Waals surface area contributed by atoms with Gasteiger partial charge in [0.25, 0.3) is 0 Å². The Hall–Kier alpha value is -2.20. The second-order valence-electron chi connectivity index (χ2n) is 4.70. The number of aromatic hydroxyl groups is 1. The molecule has 102 valence electrons. The third-order valence-corrected chi connectivity index (χ3v) is 3.59. The molecule has 0 spiro atoms. The summed E-state index contributed by atoms with van der Waals surface area (Å²) in [7, 11) is 0. The average molecular weight is 289 g/mol. The second kappa shape index (κ2) is 5.06. The van der Waals surface area contributed by atoms with Crippen LogP contribution in [-0.2, 0) is 17.8 Å². The average Bonchev–Trinajstić information content (AvgIpc) is 2.76. The van der Waals surface area contributed by atoms with Crippen LogP contribution in [-0.4, -0.2) is 11.0 Å². The molecule has 4 nitrogen and oxygen atoms in total. The van der Waals surface area contributed by atoms with Crippen molar-refractivity contribution in [3.05, 3.63) is 52.5 Å². The topological polar surface area (TPSA) is 61.4 Å². The first-order valence-electron chi connectivity index (χ1n) is 6.26. The van der Waals surface area contributed by atoms with Gasteiger partial charge in [-0.1, -0.05) is 29.8 Å². The number of benzene rings is 2. The lowest BCUT2D eigenvalue weighted by molar-refractivity contribution is -0.115. The van der Waals surface area contributed by atoms with E-state index in [1.54, 1.807) is 18.2 Å². The number of hydrogen-bond acceptors (Lipinski definition) is 3.